The quantitative estimate of drug-likeness (QED) is 0.742. The van der Waals surface area contributed by atoms with Crippen LogP contribution in [0.2, 0.25) is 0 Å². The molecule has 0 spiro atoms. The van der Waals surface area contributed by atoms with Crippen LogP contribution in [0.4, 0.5) is 4.39 Å². The van der Waals surface area contributed by atoms with Crippen molar-refractivity contribution in [3.63, 3.8) is 0 Å². The Morgan fingerprint density at radius 1 is 1.58 bits per heavy atom. The molecular formula is C8H7BrFNO. The fourth-order valence-electron chi connectivity index (χ4n) is 1.30. The van der Waals surface area contributed by atoms with Gasteiger partial charge in [-0.1, -0.05) is 15.9 Å². The van der Waals surface area contributed by atoms with E-state index in [1.165, 1.54) is 12.1 Å². The van der Waals surface area contributed by atoms with Gasteiger partial charge in [-0.05, 0) is 6.07 Å². The summed E-state index contributed by atoms with van der Waals surface area (Å²) in [6, 6.07) is 2.61. The number of benzene rings is 1. The summed E-state index contributed by atoms with van der Waals surface area (Å²) in [5.41, 5.74) is 6.58. The van der Waals surface area contributed by atoms with Gasteiger partial charge in [0.1, 0.15) is 18.2 Å². The average molecular weight is 232 g/mol. The van der Waals surface area contributed by atoms with Gasteiger partial charge >= 0.3 is 0 Å². The Hall–Kier alpha value is -0.610. The summed E-state index contributed by atoms with van der Waals surface area (Å²) in [7, 11) is 0. The Bertz CT molecular complexity index is 329. The molecule has 1 aromatic rings. The van der Waals surface area contributed by atoms with Crippen LogP contribution in [0.1, 0.15) is 11.6 Å². The van der Waals surface area contributed by atoms with E-state index < -0.39 is 0 Å². The van der Waals surface area contributed by atoms with Crippen LogP contribution in [0.5, 0.6) is 5.75 Å². The first-order valence-corrected chi connectivity index (χ1v) is 4.35. The molecule has 0 aliphatic carbocycles. The lowest BCUT2D eigenvalue weighted by Crippen LogP contribution is -2.11. The maximum absolute atomic E-state index is 12.8. The van der Waals surface area contributed by atoms with E-state index in [2.05, 4.69) is 15.9 Å². The number of rotatable bonds is 0. The van der Waals surface area contributed by atoms with Crippen molar-refractivity contribution in [1.29, 1.82) is 0 Å². The molecule has 0 bridgehead atoms. The van der Waals surface area contributed by atoms with E-state index in [1.807, 2.05) is 0 Å². The molecule has 0 aromatic heterocycles. The first-order valence-electron chi connectivity index (χ1n) is 3.56. The predicted octanol–water partition coefficient (Wildman–Crippen LogP) is 1.98. The molecule has 0 amide bonds. The second-order valence-electron chi connectivity index (χ2n) is 2.72. The van der Waals surface area contributed by atoms with Gasteiger partial charge in [-0.3, -0.25) is 0 Å². The Labute approximate surface area is 77.6 Å². The normalized spacial score (nSPS) is 20.4. The first kappa shape index (κ1) is 8.01. The predicted molar refractivity (Wildman–Crippen MR) is 46.5 cm³/mol. The molecule has 12 heavy (non-hydrogen) atoms. The van der Waals surface area contributed by atoms with Crippen molar-refractivity contribution >= 4 is 15.9 Å². The lowest BCUT2D eigenvalue weighted by Gasteiger charge is -2.03. The molecule has 4 heteroatoms. The molecule has 2 N–H and O–H groups in total. The van der Waals surface area contributed by atoms with Crippen LogP contribution in [0.15, 0.2) is 16.6 Å². The van der Waals surface area contributed by atoms with Gasteiger partial charge in [0.15, 0.2) is 0 Å². The molecule has 0 saturated carbocycles. The number of ether oxygens (including phenoxy) is 1. The van der Waals surface area contributed by atoms with Crippen LogP contribution in [0, 0.1) is 5.82 Å². The minimum absolute atomic E-state index is 0.144. The number of nitrogens with two attached hydrogens (primary N) is 1. The number of hydrogen-bond donors (Lipinski definition) is 1. The minimum Gasteiger partial charge on any atom is -0.491 e. The highest BCUT2D eigenvalue weighted by Gasteiger charge is 2.23. The monoisotopic (exact) mass is 231 g/mol. The van der Waals surface area contributed by atoms with Gasteiger partial charge in [0, 0.05) is 16.1 Å². The molecule has 2 nitrogen and oxygen atoms in total. The number of halogens is 2. The van der Waals surface area contributed by atoms with E-state index in [1.54, 1.807) is 0 Å². The Morgan fingerprint density at radius 3 is 3.08 bits per heavy atom. The zero-order chi connectivity index (χ0) is 8.72. The molecule has 1 aromatic carbocycles. The molecule has 1 atom stereocenters. The summed E-state index contributed by atoms with van der Waals surface area (Å²) in [6.45, 7) is 0.428. The highest BCUT2D eigenvalue weighted by molar-refractivity contribution is 9.10. The molecule has 1 aliphatic rings. The van der Waals surface area contributed by atoms with Crippen molar-refractivity contribution < 1.29 is 9.13 Å². The third kappa shape index (κ3) is 1.11. The Kier molecular flexibility index (Phi) is 1.81. The minimum atomic E-state index is -0.310. The third-order valence-corrected chi connectivity index (χ3v) is 2.50. The van der Waals surface area contributed by atoms with Crippen LogP contribution in [0.25, 0.3) is 0 Å². The fraction of sp³-hybridized carbons (Fsp3) is 0.250. The van der Waals surface area contributed by atoms with Crippen molar-refractivity contribution in [2.45, 2.75) is 6.04 Å². The van der Waals surface area contributed by atoms with E-state index in [0.717, 1.165) is 5.56 Å². The number of fused-ring (bicyclic) bond motifs is 1. The largest absolute Gasteiger partial charge is 0.491 e. The van der Waals surface area contributed by atoms with Crippen molar-refractivity contribution in [3.8, 4) is 5.75 Å². The van der Waals surface area contributed by atoms with Gasteiger partial charge < -0.3 is 10.5 Å². The maximum Gasteiger partial charge on any atom is 0.128 e. The summed E-state index contributed by atoms with van der Waals surface area (Å²) in [5.74, 6) is 0.240. The summed E-state index contributed by atoms with van der Waals surface area (Å²) >= 11 is 3.24. The van der Waals surface area contributed by atoms with Gasteiger partial charge in [-0.2, -0.15) is 0 Å². The molecule has 2 rings (SSSR count). The van der Waals surface area contributed by atoms with Crippen LogP contribution >= 0.6 is 15.9 Å². The van der Waals surface area contributed by atoms with Crippen molar-refractivity contribution in [2.24, 2.45) is 5.73 Å². The van der Waals surface area contributed by atoms with Crippen LogP contribution in [-0.2, 0) is 0 Å². The van der Waals surface area contributed by atoms with Gasteiger partial charge in [-0.25, -0.2) is 4.39 Å². The smallest absolute Gasteiger partial charge is 0.128 e. The lowest BCUT2D eigenvalue weighted by atomic mass is 10.1. The maximum atomic E-state index is 12.8. The van der Waals surface area contributed by atoms with E-state index in [4.69, 9.17) is 10.5 Å². The van der Waals surface area contributed by atoms with Crippen LogP contribution < -0.4 is 10.5 Å². The SMILES string of the molecule is NC1COc2cc(F)cc(Br)c21. The lowest BCUT2D eigenvalue weighted by molar-refractivity contribution is 0.332. The molecular weight excluding hydrogens is 225 g/mol. The Balaban J connectivity index is 2.60. The van der Waals surface area contributed by atoms with Crippen molar-refractivity contribution in [2.75, 3.05) is 6.61 Å². The summed E-state index contributed by atoms with van der Waals surface area (Å²) in [4.78, 5) is 0. The second kappa shape index (κ2) is 2.71. The standard InChI is InChI=1S/C8H7BrFNO/c9-5-1-4(10)2-7-8(5)6(11)3-12-7/h1-2,6H,3,11H2. The summed E-state index contributed by atoms with van der Waals surface area (Å²) in [5, 5.41) is 0. The number of hydrogen-bond acceptors (Lipinski definition) is 2. The third-order valence-electron chi connectivity index (χ3n) is 1.85. The Morgan fingerprint density at radius 2 is 2.33 bits per heavy atom. The zero-order valence-electron chi connectivity index (χ0n) is 6.18. The van der Waals surface area contributed by atoms with Gasteiger partial charge in [0.25, 0.3) is 0 Å². The molecule has 1 heterocycles. The fourth-order valence-corrected chi connectivity index (χ4v) is 2.01. The molecule has 0 radical (unpaired) electrons. The van der Waals surface area contributed by atoms with E-state index in [0.29, 0.717) is 16.8 Å². The van der Waals surface area contributed by atoms with Crippen molar-refractivity contribution in [1.82, 2.24) is 0 Å². The molecule has 0 saturated heterocycles. The van der Waals surface area contributed by atoms with E-state index in [-0.39, 0.29) is 11.9 Å². The molecule has 0 fully saturated rings. The molecule has 1 unspecified atom stereocenters. The average Bonchev–Trinajstić information content (AvgIpc) is 2.31. The summed E-state index contributed by atoms with van der Waals surface area (Å²) < 4.78 is 18.7. The topological polar surface area (TPSA) is 35.2 Å². The van der Waals surface area contributed by atoms with E-state index in [9.17, 15) is 4.39 Å². The molecule has 1 aliphatic heterocycles. The second-order valence-corrected chi connectivity index (χ2v) is 3.57. The van der Waals surface area contributed by atoms with Gasteiger partial charge in [0.2, 0.25) is 0 Å². The van der Waals surface area contributed by atoms with Gasteiger partial charge in [-0.15, -0.1) is 0 Å². The van der Waals surface area contributed by atoms with Crippen LogP contribution in [0.3, 0.4) is 0 Å². The zero-order valence-corrected chi connectivity index (χ0v) is 7.77. The highest BCUT2D eigenvalue weighted by Crippen LogP contribution is 2.37. The van der Waals surface area contributed by atoms with Crippen molar-refractivity contribution in [3.05, 3.63) is 28.0 Å². The van der Waals surface area contributed by atoms with Crippen LogP contribution in [-0.4, -0.2) is 6.61 Å². The molecule has 64 valence electrons. The van der Waals surface area contributed by atoms with Gasteiger partial charge in [0.05, 0.1) is 6.04 Å². The first-order chi connectivity index (χ1) is 5.68. The highest BCUT2D eigenvalue weighted by atomic mass is 79.9. The van der Waals surface area contributed by atoms with E-state index >= 15 is 0 Å². The summed E-state index contributed by atoms with van der Waals surface area (Å²) in [6.07, 6.45) is 0.